The standard InChI is InChI=1S/C22H18F6N2O5/c1-20(2,18(32)33)35-16-8-3-12(9-15(16)22(26,27)28)10-30-17(31)11-29(19(30)34)14-6-4-13(5-7-14)21(23,24)25/h3-9H,10-11H2,1-2H3,(H,32,33). The molecule has 1 aliphatic rings. The molecule has 3 rings (SSSR count). The summed E-state index contributed by atoms with van der Waals surface area (Å²) in [6.07, 6.45) is -9.54. The molecular weight excluding hydrogens is 486 g/mol. The summed E-state index contributed by atoms with van der Waals surface area (Å²) in [6.45, 7) is 1.08. The molecular formula is C22H18F6N2O5. The number of carbonyl (C=O) groups excluding carboxylic acids is 2. The van der Waals surface area contributed by atoms with E-state index < -0.39 is 65.8 Å². The lowest BCUT2D eigenvalue weighted by Gasteiger charge is -2.24. The number of imide groups is 1. The van der Waals surface area contributed by atoms with Crippen LogP contribution >= 0.6 is 0 Å². The van der Waals surface area contributed by atoms with Gasteiger partial charge in [0.25, 0.3) is 5.91 Å². The van der Waals surface area contributed by atoms with Crippen molar-refractivity contribution in [3.05, 3.63) is 59.2 Å². The predicted molar refractivity (Wildman–Crippen MR) is 109 cm³/mol. The van der Waals surface area contributed by atoms with Crippen LogP contribution in [0.5, 0.6) is 5.75 Å². The summed E-state index contributed by atoms with van der Waals surface area (Å²) in [5, 5.41) is 9.12. The zero-order valence-electron chi connectivity index (χ0n) is 18.2. The van der Waals surface area contributed by atoms with Crippen molar-refractivity contribution in [3.8, 4) is 5.75 Å². The lowest BCUT2D eigenvalue weighted by atomic mass is 10.1. The van der Waals surface area contributed by atoms with Crippen LogP contribution in [0.25, 0.3) is 0 Å². The van der Waals surface area contributed by atoms with Gasteiger partial charge in [-0.2, -0.15) is 26.3 Å². The van der Waals surface area contributed by atoms with Crippen LogP contribution in [0, 0.1) is 0 Å². The molecule has 2 aromatic carbocycles. The lowest BCUT2D eigenvalue weighted by molar-refractivity contribution is -0.155. The smallest absolute Gasteiger partial charge is 0.419 e. The van der Waals surface area contributed by atoms with E-state index in [2.05, 4.69) is 0 Å². The lowest BCUT2D eigenvalue weighted by Crippen LogP contribution is -2.38. The van der Waals surface area contributed by atoms with Gasteiger partial charge < -0.3 is 9.84 Å². The predicted octanol–water partition coefficient (Wildman–Crippen LogP) is 4.94. The van der Waals surface area contributed by atoms with E-state index in [4.69, 9.17) is 9.84 Å². The van der Waals surface area contributed by atoms with E-state index in [-0.39, 0.29) is 11.3 Å². The first kappa shape index (κ1) is 25.8. The molecule has 1 fully saturated rings. The maximum Gasteiger partial charge on any atom is 0.419 e. The average Bonchev–Trinajstić information content (AvgIpc) is 3.01. The highest BCUT2D eigenvalue weighted by Crippen LogP contribution is 2.39. The van der Waals surface area contributed by atoms with E-state index in [1.165, 1.54) is 0 Å². The van der Waals surface area contributed by atoms with Crippen molar-refractivity contribution in [2.45, 2.75) is 38.3 Å². The van der Waals surface area contributed by atoms with Crippen LogP contribution in [0.2, 0.25) is 0 Å². The second kappa shape index (κ2) is 8.78. The third-order valence-electron chi connectivity index (χ3n) is 5.13. The maximum absolute atomic E-state index is 13.6. The molecule has 0 atom stereocenters. The fourth-order valence-corrected chi connectivity index (χ4v) is 3.22. The molecule has 1 N–H and O–H groups in total. The Morgan fingerprint density at radius 1 is 0.971 bits per heavy atom. The molecule has 0 aromatic heterocycles. The summed E-state index contributed by atoms with van der Waals surface area (Å²) < 4.78 is 84.1. The number of aliphatic carboxylic acids is 1. The molecule has 188 valence electrons. The first-order chi connectivity index (χ1) is 16.0. The summed E-state index contributed by atoms with van der Waals surface area (Å²) in [4.78, 5) is 37.9. The molecule has 1 saturated heterocycles. The average molecular weight is 504 g/mol. The van der Waals surface area contributed by atoms with Gasteiger partial charge in [0.1, 0.15) is 12.3 Å². The van der Waals surface area contributed by atoms with Crippen molar-refractivity contribution in [2.24, 2.45) is 0 Å². The van der Waals surface area contributed by atoms with E-state index in [1.807, 2.05) is 0 Å². The third kappa shape index (κ3) is 5.49. The molecule has 0 spiro atoms. The Morgan fingerprint density at radius 3 is 2.09 bits per heavy atom. The highest BCUT2D eigenvalue weighted by Gasteiger charge is 2.40. The Hall–Kier alpha value is -3.77. The van der Waals surface area contributed by atoms with Crippen molar-refractivity contribution in [3.63, 3.8) is 0 Å². The molecule has 35 heavy (non-hydrogen) atoms. The topological polar surface area (TPSA) is 87.2 Å². The Morgan fingerprint density at radius 2 is 1.57 bits per heavy atom. The van der Waals surface area contributed by atoms with Crippen molar-refractivity contribution < 1.29 is 50.6 Å². The van der Waals surface area contributed by atoms with Gasteiger partial charge in [-0.3, -0.25) is 14.6 Å². The van der Waals surface area contributed by atoms with E-state index >= 15 is 0 Å². The highest BCUT2D eigenvalue weighted by molar-refractivity contribution is 6.12. The number of alkyl halides is 6. The Labute approximate surface area is 194 Å². The van der Waals surface area contributed by atoms with Gasteiger partial charge in [0.05, 0.1) is 17.7 Å². The van der Waals surface area contributed by atoms with Crippen molar-refractivity contribution in [2.75, 3.05) is 11.4 Å². The SMILES string of the molecule is CC(C)(Oc1ccc(CN2C(=O)CN(c3ccc(C(F)(F)F)cc3)C2=O)cc1C(F)(F)F)C(=O)O. The van der Waals surface area contributed by atoms with Gasteiger partial charge in [-0.15, -0.1) is 0 Å². The van der Waals surface area contributed by atoms with Crippen molar-refractivity contribution >= 4 is 23.6 Å². The molecule has 0 unspecified atom stereocenters. The van der Waals surface area contributed by atoms with Crippen molar-refractivity contribution in [1.29, 1.82) is 0 Å². The molecule has 7 nitrogen and oxygen atoms in total. The van der Waals surface area contributed by atoms with Gasteiger partial charge in [0.15, 0.2) is 5.60 Å². The normalized spacial score (nSPS) is 15.1. The minimum atomic E-state index is -4.94. The number of anilines is 1. The monoisotopic (exact) mass is 504 g/mol. The van der Waals surface area contributed by atoms with Gasteiger partial charge >= 0.3 is 24.4 Å². The molecule has 0 radical (unpaired) electrons. The number of rotatable bonds is 6. The molecule has 0 bridgehead atoms. The fourth-order valence-electron chi connectivity index (χ4n) is 3.22. The zero-order valence-corrected chi connectivity index (χ0v) is 18.2. The van der Waals surface area contributed by atoms with Crippen LogP contribution in [-0.4, -0.2) is 40.1 Å². The van der Waals surface area contributed by atoms with Crippen molar-refractivity contribution in [1.82, 2.24) is 4.90 Å². The van der Waals surface area contributed by atoms with Crippen LogP contribution in [0.15, 0.2) is 42.5 Å². The number of carboxylic acid groups (broad SMARTS) is 1. The van der Waals surface area contributed by atoms with Gasteiger partial charge in [0, 0.05) is 5.69 Å². The fraction of sp³-hybridized carbons (Fsp3) is 0.318. The Balaban J connectivity index is 1.85. The summed E-state index contributed by atoms with van der Waals surface area (Å²) in [5.74, 6) is -3.01. The summed E-state index contributed by atoms with van der Waals surface area (Å²) in [7, 11) is 0. The minimum absolute atomic E-state index is 0.00878. The molecule has 0 saturated carbocycles. The molecule has 1 aliphatic heterocycles. The zero-order chi connectivity index (χ0) is 26.3. The number of amides is 3. The van der Waals surface area contributed by atoms with Crippen LogP contribution in [0.3, 0.4) is 0 Å². The Bertz CT molecular complexity index is 1160. The van der Waals surface area contributed by atoms with Crippen LogP contribution < -0.4 is 9.64 Å². The number of benzene rings is 2. The molecule has 1 heterocycles. The number of nitrogens with zero attached hydrogens (tertiary/aromatic N) is 2. The highest BCUT2D eigenvalue weighted by atomic mass is 19.4. The van der Waals surface area contributed by atoms with E-state index in [1.54, 1.807) is 0 Å². The minimum Gasteiger partial charge on any atom is -0.478 e. The molecule has 3 amide bonds. The van der Waals surface area contributed by atoms with E-state index in [0.717, 1.165) is 55.1 Å². The van der Waals surface area contributed by atoms with Crippen LogP contribution in [0.1, 0.15) is 30.5 Å². The number of hydrogen-bond acceptors (Lipinski definition) is 4. The van der Waals surface area contributed by atoms with Gasteiger partial charge in [0.2, 0.25) is 0 Å². The summed E-state index contributed by atoms with van der Waals surface area (Å²) >= 11 is 0. The van der Waals surface area contributed by atoms with Crippen LogP contribution in [0.4, 0.5) is 36.8 Å². The second-order valence-corrected chi connectivity index (χ2v) is 8.14. The largest absolute Gasteiger partial charge is 0.478 e. The quantitative estimate of drug-likeness (QED) is 0.445. The number of urea groups is 1. The first-order valence-electron chi connectivity index (χ1n) is 9.92. The summed E-state index contributed by atoms with van der Waals surface area (Å²) in [6, 6.07) is 5.24. The number of halogens is 6. The second-order valence-electron chi connectivity index (χ2n) is 8.14. The number of hydrogen-bond donors (Lipinski definition) is 1. The number of carbonyl (C=O) groups is 3. The first-order valence-corrected chi connectivity index (χ1v) is 9.92. The molecule has 2 aromatic rings. The van der Waals surface area contributed by atoms with Gasteiger partial charge in [-0.05, 0) is 55.8 Å². The maximum atomic E-state index is 13.6. The van der Waals surface area contributed by atoms with E-state index in [9.17, 15) is 40.7 Å². The van der Waals surface area contributed by atoms with Crippen LogP contribution in [-0.2, 0) is 28.5 Å². The Kier molecular flexibility index (Phi) is 6.49. The number of carboxylic acids is 1. The van der Waals surface area contributed by atoms with Gasteiger partial charge in [-0.25, -0.2) is 9.59 Å². The van der Waals surface area contributed by atoms with E-state index in [0.29, 0.717) is 11.0 Å². The number of ether oxygens (including phenoxy) is 1. The summed E-state index contributed by atoms with van der Waals surface area (Å²) in [5.41, 5.74) is -4.32. The molecule has 0 aliphatic carbocycles. The third-order valence-corrected chi connectivity index (χ3v) is 5.13. The van der Waals surface area contributed by atoms with Gasteiger partial charge in [-0.1, -0.05) is 6.07 Å². The molecule has 13 heteroatoms.